The Labute approximate surface area is 233 Å². The second kappa shape index (κ2) is 15.0. The van der Waals surface area contributed by atoms with Crippen LogP contribution in [0.25, 0.3) is 0 Å². The summed E-state index contributed by atoms with van der Waals surface area (Å²) in [5.74, 6) is 0.101. The lowest BCUT2D eigenvalue weighted by Gasteiger charge is -2.21. The molecule has 7 nitrogen and oxygen atoms in total. The van der Waals surface area contributed by atoms with Crippen LogP contribution in [0.3, 0.4) is 0 Å². The van der Waals surface area contributed by atoms with E-state index >= 15 is 0 Å². The predicted octanol–water partition coefficient (Wildman–Crippen LogP) is 5.82. The van der Waals surface area contributed by atoms with Crippen LogP contribution in [-0.4, -0.2) is 36.8 Å². The standard InChI is InChI=1S/C29H31Cl2N3O4/c1-3-4-15-37-24-12-8-11-22(16-24)19-32-34-29(36)26(17-21-9-6-5-7-10-21)33-28(35)20(2)38-27-14-13-23(30)18-25(27)31/h5-14,16,18-20,26H,3-4,15,17H2,1-2H3,(H,33,35)(H,34,36)/b32-19-/t20-,26-/m1/s1. The van der Waals surface area contributed by atoms with E-state index in [0.717, 1.165) is 29.7 Å². The number of hydrogen-bond donors (Lipinski definition) is 2. The van der Waals surface area contributed by atoms with Crippen molar-refractivity contribution in [2.45, 2.75) is 45.3 Å². The van der Waals surface area contributed by atoms with E-state index in [9.17, 15) is 9.59 Å². The number of rotatable bonds is 13. The number of unbranched alkanes of at least 4 members (excludes halogenated alkanes) is 1. The van der Waals surface area contributed by atoms with Gasteiger partial charge in [0, 0.05) is 11.4 Å². The third-order valence-corrected chi connectivity index (χ3v) is 6.03. The molecule has 0 saturated carbocycles. The van der Waals surface area contributed by atoms with Gasteiger partial charge < -0.3 is 14.8 Å². The molecule has 0 saturated heterocycles. The Bertz CT molecular complexity index is 1240. The van der Waals surface area contributed by atoms with Gasteiger partial charge in [-0.15, -0.1) is 0 Å². The van der Waals surface area contributed by atoms with Gasteiger partial charge in [0.25, 0.3) is 11.8 Å². The average molecular weight is 556 g/mol. The van der Waals surface area contributed by atoms with Crippen molar-refractivity contribution >= 4 is 41.2 Å². The molecule has 38 heavy (non-hydrogen) atoms. The van der Waals surface area contributed by atoms with E-state index < -0.39 is 24.0 Å². The molecule has 200 valence electrons. The Morgan fingerprint density at radius 2 is 1.79 bits per heavy atom. The molecule has 2 N–H and O–H groups in total. The monoisotopic (exact) mass is 555 g/mol. The summed E-state index contributed by atoms with van der Waals surface area (Å²) < 4.78 is 11.4. The molecular weight excluding hydrogens is 525 g/mol. The number of hydrazone groups is 1. The van der Waals surface area contributed by atoms with Gasteiger partial charge in [-0.3, -0.25) is 9.59 Å². The van der Waals surface area contributed by atoms with E-state index in [4.69, 9.17) is 32.7 Å². The lowest BCUT2D eigenvalue weighted by molar-refractivity contribution is -0.132. The zero-order chi connectivity index (χ0) is 27.3. The largest absolute Gasteiger partial charge is 0.494 e. The van der Waals surface area contributed by atoms with Gasteiger partial charge in [-0.2, -0.15) is 5.10 Å². The van der Waals surface area contributed by atoms with Gasteiger partial charge in [0.2, 0.25) is 0 Å². The third kappa shape index (κ3) is 9.39. The molecule has 0 aromatic heterocycles. The highest BCUT2D eigenvalue weighted by atomic mass is 35.5. The molecule has 0 spiro atoms. The van der Waals surface area contributed by atoms with Crippen LogP contribution in [0, 0.1) is 0 Å². The molecule has 0 bridgehead atoms. The molecule has 0 heterocycles. The minimum Gasteiger partial charge on any atom is -0.494 e. The Hall–Kier alpha value is -3.55. The summed E-state index contributed by atoms with van der Waals surface area (Å²) in [6.07, 6.45) is 2.90. The van der Waals surface area contributed by atoms with Crippen molar-refractivity contribution < 1.29 is 19.1 Å². The number of benzene rings is 3. The Kier molecular flexibility index (Phi) is 11.5. The summed E-state index contributed by atoms with van der Waals surface area (Å²) >= 11 is 12.1. The quantitative estimate of drug-likeness (QED) is 0.158. The SMILES string of the molecule is CCCCOc1cccc(/C=N\NC(=O)[C@@H](Cc2ccccc2)NC(=O)[C@@H](C)Oc2ccc(Cl)cc2Cl)c1. The minimum absolute atomic E-state index is 0.267. The van der Waals surface area contributed by atoms with Crippen LogP contribution in [0.15, 0.2) is 77.9 Å². The van der Waals surface area contributed by atoms with Crippen molar-refractivity contribution in [1.82, 2.24) is 10.7 Å². The number of nitrogens with zero attached hydrogens (tertiary/aromatic N) is 1. The second-order valence-corrected chi connectivity index (χ2v) is 9.44. The number of nitrogens with one attached hydrogen (secondary N) is 2. The summed E-state index contributed by atoms with van der Waals surface area (Å²) in [6, 6.07) is 20.6. The first-order valence-electron chi connectivity index (χ1n) is 12.4. The van der Waals surface area contributed by atoms with Crippen LogP contribution in [0.2, 0.25) is 10.0 Å². The summed E-state index contributed by atoms with van der Waals surface area (Å²) in [5, 5.41) is 7.59. The van der Waals surface area contributed by atoms with E-state index in [1.165, 1.54) is 12.3 Å². The molecule has 0 aliphatic rings. The van der Waals surface area contributed by atoms with E-state index in [0.29, 0.717) is 17.4 Å². The fourth-order valence-corrected chi connectivity index (χ4v) is 3.88. The van der Waals surface area contributed by atoms with Crippen LogP contribution in [-0.2, 0) is 16.0 Å². The topological polar surface area (TPSA) is 89.0 Å². The number of amides is 2. The average Bonchev–Trinajstić information content (AvgIpc) is 2.90. The first-order valence-corrected chi connectivity index (χ1v) is 13.1. The lowest BCUT2D eigenvalue weighted by Crippen LogP contribution is -2.50. The maximum absolute atomic E-state index is 13.0. The normalized spacial score (nSPS) is 12.5. The van der Waals surface area contributed by atoms with Gasteiger partial charge in [0.15, 0.2) is 6.10 Å². The van der Waals surface area contributed by atoms with Crippen LogP contribution >= 0.6 is 23.2 Å². The molecule has 0 aliphatic carbocycles. The van der Waals surface area contributed by atoms with Crippen LogP contribution in [0.1, 0.15) is 37.8 Å². The third-order valence-electron chi connectivity index (χ3n) is 5.50. The number of carbonyl (C=O) groups excluding carboxylic acids is 2. The fraction of sp³-hybridized carbons (Fsp3) is 0.276. The van der Waals surface area contributed by atoms with Gasteiger partial charge >= 0.3 is 0 Å². The Morgan fingerprint density at radius 3 is 2.53 bits per heavy atom. The molecule has 0 aliphatic heterocycles. The molecule has 2 atom stereocenters. The highest BCUT2D eigenvalue weighted by Crippen LogP contribution is 2.28. The summed E-state index contributed by atoms with van der Waals surface area (Å²) in [4.78, 5) is 26.0. The van der Waals surface area contributed by atoms with Gasteiger partial charge in [-0.25, -0.2) is 5.43 Å². The fourth-order valence-electron chi connectivity index (χ4n) is 3.43. The van der Waals surface area contributed by atoms with Gasteiger partial charge in [0.05, 0.1) is 17.8 Å². The highest BCUT2D eigenvalue weighted by molar-refractivity contribution is 6.35. The van der Waals surface area contributed by atoms with Crippen molar-refractivity contribution in [2.75, 3.05) is 6.61 Å². The molecule has 0 fully saturated rings. The first-order chi connectivity index (χ1) is 18.4. The maximum atomic E-state index is 13.0. The van der Waals surface area contributed by atoms with Gasteiger partial charge in [0.1, 0.15) is 17.5 Å². The first kappa shape index (κ1) is 29.0. The second-order valence-electron chi connectivity index (χ2n) is 8.59. The van der Waals surface area contributed by atoms with E-state index in [1.807, 2.05) is 54.6 Å². The number of ether oxygens (including phenoxy) is 2. The van der Waals surface area contributed by atoms with E-state index in [1.54, 1.807) is 19.1 Å². The summed E-state index contributed by atoms with van der Waals surface area (Å²) in [5.41, 5.74) is 4.18. The van der Waals surface area contributed by atoms with Crippen LogP contribution in [0.4, 0.5) is 0 Å². The Morgan fingerprint density at radius 1 is 1.00 bits per heavy atom. The molecule has 9 heteroatoms. The Balaban J connectivity index is 1.65. The molecule has 2 amide bonds. The van der Waals surface area contributed by atoms with Crippen molar-refractivity contribution in [3.63, 3.8) is 0 Å². The number of hydrogen-bond acceptors (Lipinski definition) is 5. The highest BCUT2D eigenvalue weighted by Gasteiger charge is 2.25. The van der Waals surface area contributed by atoms with Crippen molar-refractivity contribution in [1.29, 1.82) is 0 Å². The van der Waals surface area contributed by atoms with Gasteiger partial charge in [-0.1, -0.05) is 79.0 Å². The summed E-state index contributed by atoms with van der Waals surface area (Å²) in [7, 11) is 0. The zero-order valence-corrected chi connectivity index (χ0v) is 22.8. The smallest absolute Gasteiger partial charge is 0.262 e. The molecular formula is C29H31Cl2N3O4. The molecule has 3 rings (SSSR count). The van der Waals surface area contributed by atoms with Gasteiger partial charge in [-0.05, 0) is 54.8 Å². The molecule has 3 aromatic rings. The maximum Gasteiger partial charge on any atom is 0.262 e. The van der Waals surface area contributed by atoms with Crippen molar-refractivity contribution in [3.05, 3.63) is 94.0 Å². The minimum atomic E-state index is -0.918. The number of carbonyl (C=O) groups is 2. The van der Waals surface area contributed by atoms with Crippen molar-refractivity contribution in [2.24, 2.45) is 5.10 Å². The number of halogens is 2. The molecule has 3 aromatic carbocycles. The van der Waals surface area contributed by atoms with E-state index in [2.05, 4.69) is 22.8 Å². The molecule has 0 radical (unpaired) electrons. The van der Waals surface area contributed by atoms with Crippen LogP contribution < -0.4 is 20.2 Å². The van der Waals surface area contributed by atoms with E-state index in [-0.39, 0.29) is 11.4 Å². The van der Waals surface area contributed by atoms with Crippen LogP contribution in [0.5, 0.6) is 11.5 Å². The predicted molar refractivity (Wildman–Crippen MR) is 151 cm³/mol. The molecule has 0 unspecified atom stereocenters. The zero-order valence-electron chi connectivity index (χ0n) is 21.3. The lowest BCUT2D eigenvalue weighted by atomic mass is 10.1. The van der Waals surface area contributed by atoms with Crippen molar-refractivity contribution in [3.8, 4) is 11.5 Å². The summed E-state index contributed by atoms with van der Waals surface area (Å²) in [6.45, 7) is 4.32.